The first kappa shape index (κ1) is 7.61. The quantitative estimate of drug-likeness (QED) is 0.670. The number of aromatic amines is 1. The Labute approximate surface area is 76.7 Å². The molecule has 12 heavy (non-hydrogen) atoms. The molecular formula is C8H6BrFN2. The number of nitrogens with two attached hydrogens (primary N) is 1. The van der Waals surface area contributed by atoms with Gasteiger partial charge in [0.1, 0.15) is 5.82 Å². The topological polar surface area (TPSA) is 41.8 Å². The molecule has 1 aromatic carbocycles. The second-order valence-electron chi connectivity index (χ2n) is 2.55. The molecule has 0 aliphatic rings. The van der Waals surface area contributed by atoms with E-state index in [1.165, 1.54) is 6.20 Å². The molecule has 0 aliphatic carbocycles. The Morgan fingerprint density at radius 1 is 1.42 bits per heavy atom. The summed E-state index contributed by atoms with van der Waals surface area (Å²) >= 11 is 3.24. The van der Waals surface area contributed by atoms with E-state index in [0.29, 0.717) is 16.6 Å². The van der Waals surface area contributed by atoms with Crippen LogP contribution in [-0.4, -0.2) is 4.98 Å². The molecule has 0 saturated carbocycles. The first-order chi connectivity index (χ1) is 5.68. The number of hydrogen-bond acceptors (Lipinski definition) is 1. The minimum Gasteiger partial charge on any atom is -0.397 e. The molecular weight excluding hydrogens is 223 g/mol. The van der Waals surface area contributed by atoms with E-state index < -0.39 is 0 Å². The van der Waals surface area contributed by atoms with E-state index in [0.717, 1.165) is 4.47 Å². The summed E-state index contributed by atoms with van der Waals surface area (Å²) in [4.78, 5) is 2.76. The molecule has 0 bridgehead atoms. The maximum Gasteiger partial charge on any atom is 0.148 e. The Morgan fingerprint density at radius 3 is 2.92 bits per heavy atom. The summed E-state index contributed by atoms with van der Waals surface area (Å²) in [5, 5.41) is 0.516. The highest BCUT2D eigenvalue weighted by Crippen LogP contribution is 2.26. The fraction of sp³-hybridized carbons (Fsp3) is 0. The molecule has 4 heteroatoms. The van der Waals surface area contributed by atoms with Crippen molar-refractivity contribution in [2.24, 2.45) is 0 Å². The van der Waals surface area contributed by atoms with Crippen LogP contribution >= 0.6 is 15.9 Å². The lowest BCUT2D eigenvalue weighted by Gasteiger charge is -1.96. The maximum atomic E-state index is 13.0. The third-order valence-corrected chi connectivity index (χ3v) is 2.19. The van der Waals surface area contributed by atoms with Crippen LogP contribution in [0, 0.1) is 5.82 Å². The number of rotatable bonds is 0. The molecule has 3 N–H and O–H groups in total. The standard InChI is InChI=1S/C8H6BrFN2/c9-4-1-5-6(10)3-12-8(5)7(11)2-4/h1-3,12H,11H2. The Kier molecular flexibility index (Phi) is 1.58. The number of fused-ring (bicyclic) bond motifs is 1. The Balaban J connectivity index is 2.92. The fourth-order valence-corrected chi connectivity index (χ4v) is 1.67. The monoisotopic (exact) mass is 228 g/mol. The van der Waals surface area contributed by atoms with Crippen molar-refractivity contribution in [2.45, 2.75) is 0 Å². The Hall–Kier alpha value is -1.03. The van der Waals surface area contributed by atoms with Crippen molar-refractivity contribution in [1.82, 2.24) is 4.98 Å². The van der Waals surface area contributed by atoms with Crippen LogP contribution < -0.4 is 5.73 Å². The van der Waals surface area contributed by atoms with Gasteiger partial charge in [0.05, 0.1) is 11.2 Å². The number of aromatic nitrogens is 1. The van der Waals surface area contributed by atoms with E-state index in [1.807, 2.05) is 0 Å². The lowest BCUT2D eigenvalue weighted by Crippen LogP contribution is -1.86. The number of halogens is 2. The van der Waals surface area contributed by atoms with Gasteiger partial charge in [-0.25, -0.2) is 4.39 Å². The van der Waals surface area contributed by atoms with Crippen LogP contribution in [0.1, 0.15) is 0 Å². The molecule has 0 fully saturated rings. The summed E-state index contributed by atoms with van der Waals surface area (Å²) in [6.45, 7) is 0. The number of nitrogens with one attached hydrogen (secondary N) is 1. The van der Waals surface area contributed by atoms with Gasteiger partial charge >= 0.3 is 0 Å². The van der Waals surface area contributed by atoms with E-state index in [4.69, 9.17) is 5.73 Å². The van der Waals surface area contributed by atoms with Crippen molar-refractivity contribution in [2.75, 3.05) is 5.73 Å². The molecule has 0 atom stereocenters. The van der Waals surface area contributed by atoms with Crippen LogP contribution in [0.25, 0.3) is 10.9 Å². The average molecular weight is 229 g/mol. The molecule has 1 heterocycles. The fourth-order valence-electron chi connectivity index (χ4n) is 1.19. The number of H-pyrrole nitrogens is 1. The van der Waals surface area contributed by atoms with E-state index in [-0.39, 0.29) is 5.82 Å². The van der Waals surface area contributed by atoms with Gasteiger partial charge in [-0.3, -0.25) is 0 Å². The van der Waals surface area contributed by atoms with Crippen LogP contribution in [0.3, 0.4) is 0 Å². The zero-order valence-electron chi connectivity index (χ0n) is 6.07. The first-order valence-electron chi connectivity index (χ1n) is 3.40. The third kappa shape index (κ3) is 0.992. The van der Waals surface area contributed by atoms with E-state index >= 15 is 0 Å². The summed E-state index contributed by atoms with van der Waals surface area (Å²) in [5.74, 6) is -0.280. The third-order valence-electron chi connectivity index (χ3n) is 1.73. The summed E-state index contributed by atoms with van der Waals surface area (Å²) in [6.07, 6.45) is 1.30. The van der Waals surface area contributed by atoms with Gasteiger partial charge < -0.3 is 10.7 Å². The van der Waals surface area contributed by atoms with Gasteiger partial charge in [-0.1, -0.05) is 15.9 Å². The largest absolute Gasteiger partial charge is 0.397 e. The molecule has 2 rings (SSSR count). The van der Waals surface area contributed by atoms with Gasteiger partial charge in [0.25, 0.3) is 0 Å². The lowest BCUT2D eigenvalue weighted by molar-refractivity contribution is 0.639. The predicted molar refractivity (Wildman–Crippen MR) is 50.4 cm³/mol. The van der Waals surface area contributed by atoms with Gasteiger partial charge in [-0.2, -0.15) is 0 Å². The summed E-state index contributed by atoms with van der Waals surface area (Å²) < 4.78 is 13.8. The van der Waals surface area contributed by atoms with E-state index in [9.17, 15) is 4.39 Å². The lowest BCUT2D eigenvalue weighted by atomic mass is 10.2. The van der Waals surface area contributed by atoms with Crippen molar-refractivity contribution < 1.29 is 4.39 Å². The van der Waals surface area contributed by atoms with Gasteiger partial charge in [0.2, 0.25) is 0 Å². The smallest absolute Gasteiger partial charge is 0.148 e. The van der Waals surface area contributed by atoms with Crippen LogP contribution in [0.2, 0.25) is 0 Å². The highest BCUT2D eigenvalue weighted by Gasteiger charge is 2.05. The van der Waals surface area contributed by atoms with Crippen molar-refractivity contribution in [1.29, 1.82) is 0 Å². The highest BCUT2D eigenvalue weighted by molar-refractivity contribution is 9.10. The molecule has 0 radical (unpaired) electrons. The van der Waals surface area contributed by atoms with E-state index in [2.05, 4.69) is 20.9 Å². The van der Waals surface area contributed by atoms with Crippen LogP contribution in [-0.2, 0) is 0 Å². The number of hydrogen-bond donors (Lipinski definition) is 2. The number of benzene rings is 1. The van der Waals surface area contributed by atoms with Crippen molar-refractivity contribution in [3.8, 4) is 0 Å². The highest BCUT2D eigenvalue weighted by atomic mass is 79.9. The summed E-state index contributed by atoms with van der Waals surface area (Å²) in [5.41, 5.74) is 6.84. The minimum atomic E-state index is -0.280. The van der Waals surface area contributed by atoms with Crippen LogP contribution in [0.15, 0.2) is 22.8 Å². The second-order valence-corrected chi connectivity index (χ2v) is 3.47. The van der Waals surface area contributed by atoms with Crippen LogP contribution in [0.5, 0.6) is 0 Å². The second kappa shape index (κ2) is 2.48. The van der Waals surface area contributed by atoms with Crippen molar-refractivity contribution in [3.05, 3.63) is 28.6 Å². The van der Waals surface area contributed by atoms with Gasteiger partial charge in [-0.15, -0.1) is 0 Å². The van der Waals surface area contributed by atoms with Crippen molar-refractivity contribution >= 4 is 32.5 Å². The summed E-state index contributed by atoms with van der Waals surface area (Å²) in [7, 11) is 0. The Bertz CT molecular complexity index is 436. The van der Waals surface area contributed by atoms with E-state index in [1.54, 1.807) is 12.1 Å². The maximum absolute atomic E-state index is 13.0. The molecule has 2 aromatic rings. The normalized spacial score (nSPS) is 10.8. The Morgan fingerprint density at radius 2 is 2.17 bits per heavy atom. The molecule has 0 saturated heterocycles. The predicted octanol–water partition coefficient (Wildman–Crippen LogP) is 2.65. The van der Waals surface area contributed by atoms with Gasteiger partial charge in [0, 0.05) is 16.1 Å². The molecule has 1 aromatic heterocycles. The number of anilines is 1. The van der Waals surface area contributed by atoms with Gasteiger partial charge in [0.15, 0.2) is 0 Å². The molecule has 0 aliphatic heterocycles. The molecule has 0 spiro atoms. The molecule has 2 nitrogen and oxygen atoms in total. The molecule has 62 valence electrons. The molecule has 0 amide bonds. The first-order valence-corrected chi connectivity index (χ1v) is 4.19. The SMILES string of the molecule is Nc1cc(Br)cc2c(F)c[nH]c12. The van der Waals surface area contributed by atoms with Gasteiger partial charge in [-0.05, 0) is 12.1 Å². The minimum absolute atomic E-state index is 0.280. The number of nitrogen functional groups attached to an aromatic ring is 1. The summed E-state index contributed by atoms with van der Waals surface area (Å²) in [6, 6.07) is 3.43. The van der Waals surface area contributed by atoms with Crippen molar-refractivity contribution in [3.63, 3.8) is 0 Å². The van der Waals surface area contributed by atoms with Crippen LogP contribution in [0.4, 0.5) is 10.1 Å². The zero-order chi connectivity index (χ0) is 8.72. The molecule has 0 unspecified atom stereocenters. The average Bonchev–Trinajstić information content (AvgIpc) is 2.33. The zero-order valence-corrected chi connectivity index (χ0v) is 7.65.